The number of aromatic carboxylic acids is 1. The van der Waals surface area contributed by atoms with E-state index < -0.39 is 5.97 Å². The Morgan fingerprint density at radius 1 is 1.06 bits per heavy atom. The number of benzene rings is 2. The van der Waals surface area contributed by atoms with E-state index in [1.54, 1.807) is 11.6 Å². The predicted octanol–water partition coefficient (Wildman–Crippen LogP) is 3.40. The number of nitrogens with one attached hydrogen (secondary N) is 1. The van der Waals surface area contributed by atoms with Gasteiger partial charge in [-0.3, -0.25) is 9.69 Å². The smallest absolute Gasteiger partial charge is 0.352 e. The zero-order valence-electron chi connectivity index (χ0n) is 18.8. The number of carboxylic acids is 1. The van der Waals surface area contributed by atoms with Crippen molar-refractivity contribution in [2.75, 3.05) is 44.2 Å². The van der Waals surface area contributed by atoms with Crippen molar-refractivity contribution in [1.82, 2.24) is 14.8 Å². The lowest BCUT2D eigenvalue weighted by molar-refractivity contribution is -0.120. The topological polar surface area (TPSA) is 77.8 Å². The minimum absolute atomic E-state index is 0.0568. The summed E-state index contributed by atoms with van der Waals surface area (Å²) < 4.78 is 1.64. The van der Waals surface area contributed by atoms with E-state index in [-0.39, 0.29) is 18.0 Å². The van der Waals surface area contributed by atoms with E-state index in [0.717, 1.165) is 60.8 Å². The van der Waals surface area contributed by atoms with Gasteiger partial charge in [0.1, 0.15) is 5.69 Å². The second-order valence-electron chi connectivity index (χ2n) is 8.40. The average Bonchev–Trinajstić information content (AvgIpc) is 3.09. The monoisotopic (exact) mass is 468 g/mol. The molecule has 0 unspecified atom stereocenters. The number of carbonyl (C=O) groups is 2. The molecule has 1 fully saturated rings. The minimum Gasteiger partial charge on any atom is -0.477 e. The number of para-hydroxylation sites is 1. The number of hydrogen-bond donors (Lipinski definition) is 2. The fourth-order valence-electron chi connectivity index (χ4n) is 4.58. The number of amides is 1. The molecule has 0 bridgehead atoms. The van der Waals surface area contributed by atoms with E-state index in [1.807, 2.05) is 42.5 Å². The third kappa shape index (κ3) is 5.31. The SMILES string of the molecule is Cn1c(C(=O)O)c(CC(=O)NCCCN2CCN(c3cccc(Cl)c3)CC2)c2ccccc21. The van der Waals surface area contributed by atoms with Gasteiger partial charge in [-0.05, 0) is 37.2 Å². The summed E-state index contributed by atoms with van der Waals surface area (Å²) in [7, 11) is 1.72. The number of aryl methyl sites for hydroxylation is 1. The first kappa shape index (κ1) is 23.1. The molecule has 0 atom stereocenters. The molecule has 0 aliphatic carbocycles. The second kappa shape index (κ2) is 10.3. The molecule has 1 aromatic heterocycles. The Morgan fingerprint density at radius 2 is 1.82 bits per heavy atom. The van der Waals surface area contributed by atoms with Crippen LogP contribution in [-0.2, 0) is 18.3 Å². The summed E-state index contributed by atoms with van der Waals surface area (Å²) in [6.07, 6.45) is 0.908. The van der Waals surface area contributed by atoms with Gasteiger partial charge in [0.25, 0.3) is 0 Å². The highest BCUT2D eigenvalue weighted by Gasteiger charge is 2.22. The number of anilines is 1. The first-order chi connectivity index (χ1) is 15.9. The number of piperazine rings is 1. The number of halogens is 1. The summed E-state index contributed by atoms with van der Waals surface area (Å²) in [5.74, 6) is -1.17. The van der Waals surface area contributed by atoms with Gasteiger partial charge in [0.05, 0.1) is 6.42 Å². The van der Waals surface area contributed by atoms with Crippen molar-refractivity contribution in [2.45, 2.75) is 12.8 Å². The number of carboxylic acid groups (broad SMARTS) is 1. The molecule has 2 heterocycles. The quantitative estimate of drug-likeness (QED) is 0.495. The summed E-state index contributed by atoms with van der Waals surface area (Å²) >= 11 is 6.11. The molecule has 4 rings (SSSR count). The maximum atomic E-state index is 12.6. The van der Waals surface area contributed by atoms with E-state index in [9.17, 15) is 14.7 Å². The lowest BCUT2D eigenvalue weighted by Crippen LogP contribution is -2.47. The fraction of sp³-hybridized carbons (Fsp3) is 0.360. The van der Waals surface area contributed by atoms with Crippen LogP contribution in [0.4, 0.5) is 5.69 Å². The zero-order chi connectivity index (χ0) is 23.4. The minimum atomic E-state index is -1.02. The molecule has 7 nitrogen and oxygen atoms in total. The molecule has 2 N–H and O–H groups in total. The van der Waals surface area contributed by atoms with Crippen LogP contribution in [0.2, 0.25) is 5.02 Å². The third-order valence-corrected chi connectivity index (χ3v) is 6.51. The van der Waals surface area contributed by atoms with Crippen molar-refractivity contribution >= 4 is 40.1 Å². The van der Waals surface area contributed by atoms with Crippen LogP contribution in [0.5, 0.6) is 0 Å². The Hall–Kier alpha value is -3.03. The molecular formula is C25H29ClN4O3. The van der Waals surface area contributed by atoms with Crippen LogP contribution in [0.3, 0.4) is 0 Å². The molecule has 3 aromatic rings. The highest BCUT2D eigenvalue weighted by atomic mass is 35.5. The molecule has 8 heteroatoms. The first-order valence-electron chi connectivity index (χ1n) is 11.2. The zero-order valence-corrected chi connectivity index (χ0v) is 19.5. The first-order valence-corrected chi connectivity index (χ1v) is 11.6. The standard InChI is InChI=1S/C25H29ClN4O3/c1-28-22-9-3-2-8-20(22)21(24(28)25(32)33)17-23(31)27-10-5-11-29-12-14-30(15-13-29)19-7-4-6-18(26)16-19/h2-4,6-9,16H,5,10-15,17H2,1H3,(H,27,31)(H,32,33). The average molecular weight is 469 g/mol. The molecule has 2 aromatic carbocycles. The lowest BCUT2D eigenvalue weighted by atomic mass is 10.1. The van der Waals surface area contributed by atoms with Gasteiger partial charge in [-0.2, -0.15) is 0 Å². The lowest BCUT2D eigenvalue weighted by Gasteiger charge is -2.36. The molecule has 1 saturated heterocycles. The van der Waals surface area contributed by atoms with Crippen molar-refractivity contribution in [1.29, 1.82) is 0 Å². The molecular weight excluding hydrogens is 440 g/mol. The van der Waals surface area contributed by atoms with E-state index >= 15 is 0 Å². The summed E-state index contributed by atoms with van der Waals surface area (Å²) in [5.41, 5.74) is 2.71. The van der Waals surface area contributed by atoms with Crippen molar-refractivity contribution in [3.63, 3.8) is 0 Å². The van der Waals surface area contributed by atoms with Gasteiger partial charge in [-0.15, -0.1) is 0 Å². The molecule has 1 aliphatic heterocycles. The van der Waals surface area contributed by atoms with Crippen molar-refractivity contribution in [2.24, 2.45) is 7.05 Å². The molecule has 33 heavy (non-hydrogen) atoms. The number of aromatic nitrogens is 1. The van der Waals surface area contributed by atoms with Gasteiger partial charge >= 0.3 is 5.97 Å². The number of carbonyl (C=O) groups excluding carboxylic acids is 1. The molecule has 0 spiro atoms. The maximum Gasteiger partial charge on any atom is 0.352 e. The van der Waals surface area contributed by atoms with E-state index in [2.05, 4.69) is 21.2 Å². The van der Waals surface area contributed by atoms with Crippen LogP contribution < -0.4 is 10.2 Å². The molecule has 1 aliphatic rings. The Labute approximate surface area is 198 Å². The van der Waals surface area contributed by atoms with E-state index in [1.165, 1.54) is 0 Å². The molecule has 174 valence electrons. The van der Waals surface area contributed by atoms with Crippen LogP contribution >= 0.6 is 11.6 Å². The highest BCUT2D eigenvalue weighted by molar-refractivity contribution is 6.30. The van der Waals surface area contributed by atoms with Crippen LogP contribution in [-0.4, -0.2) is 65.7 Å². The summed E-state index contributed by atoms with van der Waals surface area (Å²) in [6, 6.07) is 15.4. The third-order valence-electron chi connectivity index (χ3n) is 6.27. The Morgan fingerprint density at radius 3 is 2.55 bits per heavy atom. The second-order valence-corrected chi connectivity index (χ2v) is 8.83. The van der Waals surface area contributed by atoms with Gasteiger partial charge in [0.15, 0.2) is 0 Å². The van der Waals surface area contributed by atoms with Gasteiger partial charge in [-0.25, -0.2) is 4.79 Å². The Bertz CT molecular complexity index is 1150. The molecule has 0 saturated carbocycles. The van der Waals surface area contributed by atoms with E-state index in [4.69, 9.17) is 11.6 Å². The summed E-state index contributed by atoms with van der Waals surface area (Å²) in [6.45, 7) is 5.33. The van der Waals surface area contributed by atoms with Crippen LogP contribution in [0.15, 0.2) is 48.5 Å². The van der Waals surface area contributed by atoms with E-state index in [0.29, 0.717) is 12.1 Å². The van der Waals surface area contributed by atoms with Crippen LogP contribution in [0.25, 0.3) is 10.9 Å². The Kier molecular flexibility index (Phi) is 7.20. The Balaban J connectivity index is 1.24. The van der Waals surface area contributed by atoms with Crippen LogP contribution in [0.1, 0.15) is 22.5 Å². The number of hydrogen-bond acceptors (Lipinski definition) is 4. The van der Waals surface area contributed by atoms with Gasteiger partial charge in [0.2, 0.25) is 5.91 Å². The van der Waals surface area contributed by atoms with Crippen molar-refractivity contribution < 1.29 is 14.7 Å². The van der Waals surface area contributed by atoms with Gasteiger partial charge in [-0.1, -0.05) is 35.9 Å². The number of nitrogens with zero attached hydrogens (tertiary/aromatic N) is 3. The number of fused-ring (bicyclic) bond motifs is 1. The van der Waals surface area contributed by atoms with Crippen LogP contribution in [0, 0.1) is 0 Å². The van der Waals surface area contributed by atoms with Crippen molar-refractivity contribution in [3.8, 4) is 0 Å². The normalized spacial score (nSPS) is 14.5. The van der Waals surface area contributed by atoms with Gasteiger partial charge < -0.3 is 19.9 Å². The predicted molar refractivity (Wildman–Crippen MR) is 131 cm³/mol. The molecule has 0 radical (unpaired) electrons. The fourth-order valence-corrected chi connectivity index (χ4v) is 4.76. The van der Waals surface area contributed by atoms with Crippen molar-refractivity contribution in [3.05, 3.63) is 64.8 Å². The van der Waals surface area contributed by atoms with Gasteiger partial charge in [0, 0.05) is 66.9 Å². The highest BCUT2D eigenvalue weighted by Crippen LogP contribution is 2.26. The summed E-state index contributed by atoms with van der Waals surface area (Å²) in [5, 5.41) is 14.2. The maximum absolute atomic E-state index is 12.6. The summed E-state index contributed by atoms with van der Waals surface area (Å²) in [4.78, 5) is 29.1. The molecule has 1 amide bonds. The number of rotatable bonds is 8. The largest absolute Gasteiger partial charge is 0.477 e.